The number of benzene rings is 2. The standard InChI is InChI=1S/C21H21N3O2S/c1-13(2)14-8-10-15(11-9-14)21-24-18(12-27-21)20(26)23-17-7-5-4-6-16(17)19(25)22-3/h4-13H,1-3H3,(H,22,25)(H,23,26). The number of carbonyl (C=O) groups excluding carboxylic acids is 2. The first kappa shape index (κ1) is 18.8. The van der Waals surface area contributed by atoms with Gasteiger partial charge in [-0.1, -0.05) is 50.2 Å². The third kappa shape index (κ3) is 4.23. The Balaban J connectivity index is 1.79. The summed E-state index contributed by atoms with van der Waals surface area (Å²) in [7, 11) is 1.55. The second-order valence-corrected chi connectivity index (χ2v) is 7.25. The van der Waals surface area contributed by atoms with E-state index in [1.807, 2.05) is 12.1 Å². The van der Waals surface area contributed by atoms with Gasteiger partial charge in [0.25, 0.3) is 11.8 Å². The average molecular weight is 379 g/mol. The van der Waals surface area contributed by atoms with Crippen LogP contribution >= 0.6 is 11.3 Å². The van der Waals surface area contributed by atoms with Crippen molar-refractivity contribution >= 4 is 28.8 Å². The van der Waals surface area contributed by atoms with Crippen molar-refractivity contribution in [2.45, 2.75) is 19.8 Å². The van der Waals surface area contributed by atoms with Crippen molar-refractivity contribution < 1.29 is 9.59 Å². The molecule has 6 heteroatoms. The van der Waals surface area contributed by atoms with Gasteiger partial charge in [-0.15, -0.1) is 11.3 Å². The molecule has 1 heterocycles. The molecule has 0 atom stereocenters. The first-order valence-electron chi connectivity index (χ1n) is 8.68. The van der Waals surface area contributed by atoms with Gasteiger partial charge in [-0.25, -0.2) is 4.98 Å². The summed E-state index contributed by atoms with van der Waals surface area (Å²) in [6.45, 7) is 4.30. The minimum Gasteiger partial charge on any atom is -0.355 e. The molecular weight excluding hydrogens is 358 g/mol. The topological polar surface area (TPSA) is 71.1 Å². The zero-order chi connectivity index (χ0) is 19.4. The average Bonchev–Trinajstić information content (AvgIpc) is 3.18. The SMILES string of the molecule is CNC(=O)c1ccccc1NC(=O)c1csc(-c2ccc(C(C)C)cc2)n1. The molecule has 0 unspecified atom stereocenters. The predicted octanol–water partition coefficient (Wildman–Crippen LogP) is 4.55. The molecule has 138 valence electrons. The van der Waals surface area contributed by atoms with Crippen molar-refractivity contribution in [2.75, 3.05) is 12.4 Å². The molecule has 0 aliphatic rings. The largest absolute Gasteiger partial charge is 0.355 e. The third-order valence-electron chi connectivity index (χ3n) is 4.21. The van der Waals surface area contributed by atoms with Crippen LogP contribution in [0.3, 0.4) is 0 Å². The Morgan fingerprint density at radius 2 is 1.70 bits per heavy atom. The highest BCUT2D eigenvalue weighted by atomic mass is 32.1. The Hall–Kier alpha value is -2.99. The van der Waals surface area contributed by atoms with E-state index < -0.39 is 0 Å². The highest BCUT2D eigenvalue weighted by Gasteiger charge is 2.16. The lowest BCUT2D eigenvalue weighted by molar-refractivity contribution is 0.0964. The van der Waals surface area contributed by atoms with Gasteiger partial charge in [0, 0.05) is 18.0 Å². The minimum atomic E-state index is -0.340. The molecule has 0 radical (unpaired) electrons. The van der Waals surface area contributed by atoms with Crippen LogP contribution in [0.5, 0.6) is 0 Å². The maximum Gasteiger partial charge on any atom is 0.275 e. The zero-order valence-corrected chi connectivity index (χ0v) is 16.3. The van der Waals surface area contributed by atoms with E-state index in [9.17, 15) is 9.59 Å². The molecule has 2 N–H and O–H groups in total. The Labute approximate surface area is 162 Å². The number of nitrogens with one attached hydrogen (secondary N) is 2. The van der Waals surface area contributed by atoms with E-state index in [0.29, 0.717) is 22.9 Å². The molecule has 0 aliphatic heterocycles. The number of hydrogen-bond donors (Lipinski definition) is 2. The monoisotopic (exact) mass is 379 g/mol. The van der Waals surface area contributed by atoms with E-state index in [0.717, 1.165) is 10.6 Å². The number of rotatable bonds is 5. The van der Waals surface area contributed by atoms with Gasteiger partial charge in [0.1, 0.15) is 10.7 Å². The molecule has 2 aromatic carbocycles. The lowest BCUT2D eigenvalue weighted by Gasteiger charge is -2.08. The lowest BCUT2D eigenvalue weighted by Crippen LogP contribution is -2.21. The summed E-state index contributed by atoms with van der Waals surface area (Å²) >= 11 is 1.42. The fourth-order valence-electron chi connectivity index (χ4n) is 2.63. The van der Waals surface area contributed by atoms with E-state index >= 15 is 0 Å². The molecule has 0 saturated carbocycles. The molecule has 27 heavy (non-hydrogen) atoms. The molecule has 0 spiro atoms. The zero-order valence-electron chi connectivity index (χ0n) is 15.4. The first-order chi connectivity index (χ1) is 13.0. The van der Waals surface area contributed by atoms with Crippen LogP contribution in [0.4, 0.5) is 5.69 Å². The van der Waals surface area contributed by atoms with Crippen molar-refractivity contribution in [3.63, 3.8) is 0 Å². The van der Waals surface area contributed by atoms with Crippen molar-refractivity contribution in [3.8, 4) is 10.6 Å². The molecule has 0 fully saturated rings. The number of para-hydroxylation sites is 1. The Bertz CT molecular complexity index is 962. The second kappa shape index (κ2) is 8.14. The van der Waals surface area contributed by atoms with Crippen molar-refractivity contribution in [1.29, 1.82) is 0 Å². The van der Waals surface area contributed by atoms with Gasteiger partial charge in [-0.05, 0) is 23.6 Å². The molecule has 5 nitrogen and oxygen atoms in total. The van der Waals surface area contributed by atoms with Crippen LogP contribution in [0.25, 0.3) is 10.6 Å². The first-order valence-corrected chi connectivity index (χ1v) is 9.56. The molecule has 2 amide bonds. The van der Waals surface area contributed by atoms with Crippen molar-refractivity contribution in [1.82, 2.24) is 10.3 Å². The highest BCUT2D eigenvalue weighted by molar-refractivity contribution is 7.13. The Kier molecular flexibility index (Phi) is 5.66. The van der Waals surface area contributed by atoms with Crippen molar-refractivity contribution in [3.05, 3.63) is 70.7 Å². The summed E-state index contributed by atoms with van der Waals surface area (Å²) in [6.07, 6.45) is 0. The normalized spacial score (nSPS) is 10.7. The molecular formula is C21H21N3O2S. The Morgan fingerprint density at radius 3 is 2.37 bits per heavy atom. The third-order valence-corrected chi connectivity index (χ3v) is 5.10. The van der Waals surface area contributed by atoms with E-state index in [-0.39, 0.29) is 11.8 Å². The van der Waals surface area contributed by atoms with E-state index in [1.54, 1.807) is 36.7 Å². The predicted molar refractivity (Wildman–Crippen MR) is 109 cm³/mol. The summed E-state index contributed by atoms with van der Waals surface area (Å²) in [4.78, 5) is 29.0. The van der Waals surface area contributed by atoms with E-state index in [2.05, 4.69) is 41.6 Å². The van der Waals surface area contributed by atoms with Gasteiger partial charge in [0.2, 0.25) is 0 Å². The summed E-state index contributed by atoms with van der Waals surface area (Å²) in [5.74, 6) is -0.125. The van der Waals surface area contributed by atoms with Crippen LogP contribution < -0.4 is 10.6 Å². The highest BCUT2D eigenvalue weighted by Crippen LogP contribution is 2.26. The van der Waals surface area contributed by atoms with Crippen LogP contribution in [0.2, 0.25) is 0 Å². The number of anilines is 1. The number of hydrogen-bond acceptors (Lipinski definition) is 4. The molecule has 1 aromatic heterocycles. The minimum absolute atomic E-state index is 0.255. The molecule has 0 bridgehead atoms. The van der Waals surface area contributed by atoms with Gasteiger partial charge in [-0.3, -0.25) is 9.59 Å². The smallest absolute Gasteiger partial charge is 0.275 e. The summed E-state index contributed by atoms with van der Waals surface area (Å²) in [5, 5.41) is 7.86. The summed E-state index contributed by atoms with van der Waals surface area (Å²) in [6, 6.07) is 15.1. The van der Waals surface area contributed by atoms with Crippen LogP contribution in [0, 0.1) is 0 Å². The van der Waals surface area contributed by atoms with Crippen LogP contribution in [0.1, 0.15) is 46.2 Å². The number of aromatic nitrogens is 1. The second-order valence-electron chi connectivity index (χ2n) is 6.39. The number of nitrogens with zero attached hydrogens (tertiary/aromatic N) is 1. The summed E-state index contributed by atoms with van der Waals surface area (Å²) in [5.41, 5.74) is 3.44. The summed E-state index contributed by atoms with van der Waals surface area (Å²) < 4.78 is 0. The number of amides is 2. The van der Waals surface area contributed by atoms with Crippen molar-refractivity contribution in [2.24, 2.45) is 0 Å². The van der Waals surface area contributed by atoms with Gasteiger partial charge < -0.3 is 10.6 Å². The van der Waals surface area contributed by atoms with Gasteiger partial charge in [0.15, 0.2) is 0 Å². The van der Waals surface area contributed by atoms with E-state index in [4.69, 9.17) is 0 Å². The lowest BCUT2D eigenvalue weighted by atomic mass is 10.0. The molecule has 0 aliphatic carbocycles. The number of carbonyl (C=O) groups is 2. The fourth-order valence-corrected chi connectivity index (χ4v) is 3.44. The van der Waals surface area contributed by atoms with Crippen LogP contribution in [-0.4, -0.2) is 23.8 Å². The van der Waals surface area contributed by atoms with Gasteiger partial charge in [0.05, 0.1) is 11.3 Å². The maximum absolute atomic E-state index is 12.6. The van der Waals surface area contributed by atoms with Gasteiger partial charge in [-0.2, -0.15) is 0 Å². The van der Waals surface area contributed by atoms with Gasteiger partial charge >= 0.3 is 0 Å². The Morgan fingerprint density at radius 1 is 1.00 bits per heavy atom. The maximum atomic E-state index is 12.6. The quantitative estimate of drug-likeness (QED) is 0.683. The molecule has 3 rings (SSSR count). The molecule has 0 saturated heterocycles. The van der Waals surface area contributed by atoms with Crippen LogP contribution in [0.15, 0.2) is 53.9 Å². The fraction of sp³-hybridized carbons (Fsp3) is 0.190. The van der Waals surface area contributed by atoms with Crippen LogP contribution in [-0.2, 0) is 0 Å². The molecule has 3 aromatic rings. The van der Waals surface area contributed by atoms with E-state index in [1.165, 1.54) is 16.9 Å². The number of thiazole rings is 1.